The van der Waals surface area contributed by atoms with E-state index in [1.807, 2.05) is 27.0 Å². The van der Waals surface area contributed by atoms with Crippen LogP contribution < -0.4 is 4.74 Å². The summed E-state index contributed by atoms with van der Waals surface area (Å²) >= 11 is 0. The highest BCUT2D eigenvalue weighted by Gasteiger charge is 2.19. The molecule has 0 radical (unpaired) electrons. The number of aryl methyl sites for hydroxylation is 3. The first-order valence-electron chi connectivity index (χ1n) is 10.3. The molecule has 0 N–H and O–H groups in total. The van der Waals surface area contributed by atoms with Crippen LogP contribution in [0.5, 0.6) is 5.88 Å². The van der Waals surface area contributed by atoms with Gasteiger partial charge in [-0.2, -0.15) is 0 Å². The molecule has 1 aromatic carbocycles. The summed E-state index contributed by atoms with van der Waals surface area (Å²) in [5, 5.41) is 5.24. The molecule has 3 rings (SSSR count). The molecule has 0 aliphatic heterocycles. The van der Waals surface area contributed by atoms with Crippen molar-refractivity contribution >= 4 is 16.9 Å². The zero-order valence-corrected chi connectivity index (χ0v) is 18.1. The number of hydrogen-bond acceptors (Lipinski definition) is 4. The Balaban J connectivity index is 1.73. The first-order valence-corrected chi connectivity index (χ1v) is 10.3. The number of carbonyl (C=O) groups excluding carboxylic acids is 1. The molecule has 0 bridgehead atoms. The molecular formula is C23H29FN4O2. The van der Waals surface area contributed by atoms with Gasteiger partial charge in [0.2, 0.25) is 5.88 Å². The molecule has 0 saturated heterocycles. The van der Waals surface area contributed by atoms with Gasteiger partial charge in [-0.1, -0.05) is 31.9 Å². The predicted molar refractivity (Wildman–Crippen MR) is 115 cm³/mol. The molecule has 3 aromatic rings. The lowest BCUT2D eigenvalue weighted by Gasteiger charge is -2.23. The van der Waals surface area contributed by atoms with Crippen molar-refractivity contribution in [3.63, 3.8) is 0 Å². The number of fused-ring (bicyclic) bond motifs is 1. The maximum absolute atomic E-state index is 13.2. The Hall–Kier alpha value is -2.96. The molecule has 0 aliphatic rings. The second-order valence-electron chi connectivity index (χ2n) is 7.65. The lowest BCUT2D eigenvalue weighted by atomic mass is 10.2. The fourth-order valence-electron chi connectivity index (χ4n) is 3.53. The molecule has 30 heavy (non-hydrogen) atoms. The van der Waals surface area contributed by atoms with Crippen LogP contribution in [0.2, 0.25) is 0 Å². The third kappa shape index (κ3) is 5.14. The average molecular weight is 413 g/mol. The summed E-state index contributed by atoms with van der Waals surface area (Å²) in [7, 11) is 1.81. The molecule has 0 atom stereocenters. The number of halogens is 1. The number of rotatable bonds is 9. The van der Waals surface area contributed by atoms with Gasteiger partial charge in [-0.25, -0.2) is 14.1 Å². The molecule has 6 nitrogen and oxygen atoms in total. The Kier molecular flexibility index (Phi) is 7.03. The van der Waals surface area contributed by atoms with E-state index in [4.69, 9.17) is 4.74 Å². The van der Waals surface area contributed by atoms with E-state index in [2.05, 4.69) is 17.0 Å². The van der Waals surface area contributed by atoms with Gasteiger partial charge in [0.15, 0.2) is 12.3 Å². The molecule has 7 heteroatoms. The number of hydrogen-bond donors (Lipinski definition) is 0. The summed E-state index contributed by atoms with van der Waals surface area (Å²) in [6, 6.07) is 8.22. The van der Waals surface area contributed by atoms with Crippen molar-refractivity contribution in [1.82, 2.24) is 19.7 Å². The number of nitrogens with zero attached hydrogens (tertiary/aromatic N) is 4. The summed E-state index contributed by atoms with van der Waals surface area (Å²) in [5.74, 6) is 0.0142. The van der Waals surface area contributed by atoms with Crippen LogP contribution in [-0.2, 0) is 18.4 Å². The van der Waals surface area contributed by atoms with Crippen LogP contribution in [0.3, 0.4) is 0 Å². The van der Waals surface area contributed by atoms with Gasteiger partial charge in [0.1, 0.15) is 5.82 Å². The largest absolute Gasteiger partial charge is 0.466 e. The summed E-state index contributed by atoms with van der Waals surface area (Å²) < 4.78 is 20.7. The van der Waals surface area contributed by atoms with E-state index in [9.17, 15) is 9.18 Å². The van der Waals surface area contributed by atoms with Gasteiger partial charge >= 0.3 is 0 Å². The van der Waals surface area contributed by atoms with Gasteiger partial charge in [0.05, 0.1) is 5.39 Å². The summed E-state index contributed by atoms with van der Waals surface area (Å²) in [4.78, 5) is 19.2. The first-order chi connectivity index (χ1) is 14.4. The molecular weight excluding hydrogens is 383 g/mol. The van der Waals surface area contributed by atoms with Crippen molar-refractivity contribution in [2.45, 2.75) is 46.6 Å². The van der Waals surface area contributed by atoms with Crippen molar-refractivity contribution in [1.29, 1.82) is 0 Å². The summed E-state index contributed by atoms with van der Waals surface area (Å²) in [6.45, 7) is 7.00. The minimum Gasteiger partial charge on any atom is -0.466 e. The van der Waals surface area contributed by atoms with Crippen LogP contribution in [-0.4, -0.2) is 38.7 Å². The van der Waals surface area contributed by atoms with E-state index in [0.29, 0.717) is 19.0 Å². The number of pyridine rings is 1. The Morgan fingerprint density at radius 3 is 2.63 bits per heavy atom. The van der Waals surface area contributed by atoms with Crippen LogP contribution in [0.15, 0.2) is 30.3 Å². The highest BCUT2D eigenvalue weighted by molar-refractivity contribution is 5.85. The quantitative estimate of drug-likeness (QED) is 0.491. The highest BCUT2D eigenvalue weighted by Crippen LogP contribution is 2.27. The third-order valence-corrected chi connectivity index (χ3v) is 5.09. The number of unbranched alkanes of at least 4 members (excludes halogenated alkanes) is 2. The van der Waals surface area contributed by atoms with Gasteiger partial charge in [-0.3, -0.25) is 4.79 Å². The lowest BCUT2D eigenvalue weighted by Crippen LogP contribution is -2.35. The fourth-order valence-corrected chi connectivity index (χ4v) is 3.53. The second-order valence-corrected chi connectivity index (χ2v) is 7.65. The highest BCUT2D eigenvalue weighted by atomic mass is 19.1. The van der Waals surface area contributed by atoms with Gasteiger partial charge in [0.25, 0.3) is 5.91 Å². The Morgan fingerprint density at radius 1 is 1.20 bits per heavy atom. The fraction of sp³-hybridized carbons (Fsp3) is 0.435. The molecule has 2 aromatic heterocycles. The molecule has 0 unspecified atom stereocenters. The minimum absolute atomic E-state index is 0.104. The van der Waals surface area contributed by atoms with Crippen molar-refractivity contribution in [2.75, 3.05) is 13.2 Å². The number of amides is 1. The van der Waals surface area contributed by atoms with Gasteiger partial charge in [0, 0.05) is 25.8 Å². The lowest BCUT2D eigenvalue weighted by molar-refractivity contribution is -0.134. The van der Waals surface area contributed by atoms with Crippen molar-refractivity contribution in [2.24, 2.45) is 7.05 Å². The van der Waals surface area contributed by atoms with Crippen LogP contribution >= 0.6 is 0 Å². The topological polar surface area (TPSA) is 60.3 Å². The van der Waals surface area contributed by atoms with Crippen molar-refractivity contribution in [3.8, 4) is 5.88 Å². The normalized spacial score (nSPS) is 11.1. The van der Waals surface area contributed by atoms with E-state index in [-0.39, 0.29) is 18.3 Å². The number of carbonyl (C=O) groups is 1. The van der Waals surface area contributed by atoms with E-state index in [1.165, 1.54) is 12.1 Å². The predicted octanol–water partition coefficient (Wildman–Crippen LogP) is 4.32. The second kappa shape index (κ2) is 9.69. The van der Waals surface area contributed by atoms with Crippen LogP contribution in [0.1, 0.15) is 43.0 Å². The Morgan fingerprint density at radius 2 is 1.93 bits per heavy atom. The van der Waals surface area contributed by atoms with Gasteiger partial charge in [-0.05, 0) is 49.6 Å². The molecule has 1 amide bonds. The van der Waals surface area contributed by atoms with Gasteiger partial charge in [-0.15, -0.1) is 5.10 Å². The summed E-state index contributed by atoms with van der Waals surface area (Å²) in [5.41, 5.74) is 3.55. The number of ether oxygens (including phenoxy) is 1. The monoisotopic (exact) mass is 412 g/mol. The first kappa shape index (κ1) is 21.7. The van der Waals surface area contributed by atoms with Crippen LogP contribution in [0, 0.1) is 19.7 Å². The maximum Gasteiger partial charge on any atom is 0.260 e. The average Bonchev–Trinajstić information content (AvgIpc) is 3.03. The van der Waals surface area contributed by atoms with Crippen molar-refractivity contribution in [3.05, 3.63) is 53.0 Å². The van der Waals surface area contributed by atoms with E-state index in [1.54, 1.807) is 21.7 Å². The van der Waals surface area contributed by atoms with E-state index >= 15 is 0 Å². The third-order valence-electron chi connectivity index (χ3n) is 5.09. The molecule has 160 valence electrons. The molecule has 0 aliphatic carbocycles. The Labute approximate surface area is 176 Å². The zero-order valence-electron chi connectivity index (χ0n) is 18.1. The summed E-state index contributed by atoms with van der Waals surface area (Å²) in [6.07, 6.45) is 3.03. The molecule has 0 saturated carbocycles. The van der Waals surface area contributed by atoms with Gasteiger partial charge < -0.3 is 9.64 Å². The number of benzene rings is 1. The van der Waals surface area contributed by atoms with E-state index < -0.39 is 0 Å². The molecule has 0 fully saturated rings. The maximum atomic E-state index is 13.2. The SMILES string of the molecule is CCCCCN(Cc1ccc(F)cc1)C(=O)COc1nn(C)c2nc(C)cc(C)c12. The standard InChI is InChI=1S/C23H29FN4O2/c1-5-6-7-12-28(14-18-8-10-19(24)11-9-18)20(29)15-30-23-21-16(2)13-17(3)25-22(21)27(4)26-23/h8-11,13H,5-7,12,14-15H2,1-4H3. The Bertz CT molecular complexity index is 1010. The van der Waals surface area contributed by atoms with E-state index in [0.717, 1.165) is 47.1 Å². The zero-order chi connectivity index (χ0) is 21.7. The van der Waals surface area contributed by atoms with Crippen LogP contribution in [0.25, 0.3) is 11.0 Å². The van der Waals surface area contributed by atoms with Crippen LogP contribution in [0.4, 0.5) is 4.39 Å². The minimum atomic E-state index is -0.285. The molecule has 2 heterocycles. The number of aromatic nitrogens is 3. The van der Waals surface area contributed by atoms with Crippen molar-refractivity contribution < 1.29 is 13.9 Å². The molecule has 0 spiro atoms. The smallest absolute Gasteiger partial charge is 0.260 e.